The largest absolute Gasteiger partial charge is 0.231 e. The van der Waals surface area contributed by atoms with Crippen LogP contribution in [0.25, 0.3) is 106 Å². The number of benzene rings is 8. The molecule has 11 rings (SSSR count). The van der Waals surface area contributed by atoms with Gasteiger partial charge in [-0.3, -0.25) is 0 Å². The summed E-state index contributed by atoms with van der Waals surface area (Å²) in [4.78, 5) is 10.3. The van der Waals surface area contributed by atoms with Crippen LogP contribution < -0.4 is 0 Å². The molecule has 0 aliphatic heterocycles. The van der Waals surface area contributed by atoms with Gasteiger partial charge in [-0.1, -0.05) is 206 Å². The van der Waals surface area contributed by atoms with Crippen LogP contribution in [0, 0.1) is 0 Å². The summed E-state index contributed by atoms with van der Waals surface area (Å²) in [5, 5.41) is 7.45. The predicted molar refractivity (Wildman–Crippen MR) is 252 cm³/mol. The lowest BCUT2D eigenvalue weighted by Crippen LogP contribution is -2.00. The van der Waals surface area contributed by atoms with E-state index in [0.29, 0.717) is 5.82 Å². The van der Waals surface area contributed by atoms with Gasteiger partial charge in [-0.05, 0) is 57.0 Å². The maximum atomic E-state index is 5.18. The zero-order valence-electron chi connectivity index (χ0n) is 33.2. The molecule has 0 bridgehead atoms. The standard InChI is InChI=1S/C57H38N4/c1-5-17-39(18-6-1)40-31-33-42(34-32-40)52-37-53(60-57(59-52)44-23-11-4-12-24-44)47-27-15-25-45(35-47)46-26-16-28-48(36-46)54-49-29-13-14-30-50(49)56-51(41-19-7-2-8-20-41)38-58-61(56)55(54)43-21-9-3-10-22-43/h1-38H. The molecule has 0 saturated carbocycles. The van der Waals surface area contributed by atoms with Gasteiger partial charge >= 0.3 is 0 Å². The average molecular weight is 779 g/mol. The minimum atomic E-state index is 0.692. The van der Waals surface area contributed by atoms with Crippen LogP contribution >= 0.6 is 0 Å². The second-order valence-electron chi connectivity index (χ2n) is 15.3. The molecule has 286 valence electrons. The van der Waals surface area contributed by atoms with Crippen molar-refractivity contribution in [3.63, 3.8) is 0 Å². The second-order valence-corrected chi connectivity index (χ2v) is 15.3. The Hall–Kier alpha value is -8.21. The first-order chi connectivity index (χ1) is 30.2. The normalized spacial score (nSPS) is 11.3. The van der Waals surface area contributed by atoms with Crippen LogP contribution in [-0.4, -0.2) is 19.6 Å². The maximum Gasteiger partial charge on any atom is 0.160 e. The fourth-order valence-corrected chi connectivity index (χ4v) is 8.54. The van der Waals surface area contributed by atoms with Crippen LogP contribution in [0.2, 0.25) is 0 Å². The number of hydrogen-bond acceptors (Lipinski definition) is 3. The Morgan fingerprint density at radius 2 is 0.770 bits per heavy atom. The summed E-state index contributed by atoms with van der Waals surface area (Å²) < 4.78 is 2.15. The van der Waals surface area contributed by atoms with Crippen molar-refractivity contribution in [1.82, 2.24) is 19.6 Å². The highest BCUT2D eigenvalue weighted by molar-refractivity contribution is 6.13. The monoisotopic (exact) mass is 778 g/mol. The van der Waals surface area contributed by atoms with Crippen molar-refractivity contribution in [3.8, 4) is 89.7 Å². The molecule has 0 saturated heterocycles. The first-order valence-corrected chi connectivity index (χ1v) is 20.6. The van der Waals surface area contributed by atoms with E-state index in [0.717, 1.165) is 83.6 Å². The van der Waals surface area contributed by atoms with E-state index in [4.69, 9.17) is 15.1 Å². The molecule has 4 heteroatoms. The summed E-state index contributed by atoms with van der Waals surface area (Å²) in [6.45, 7) is 0. The van der Waals surface area contributed by atoms with Gasteiger partial charge in [0.05, 0.1) is 28.8 Å². The SMILES string of the molecule is c1ccc(-c2ccc(-c3cc(-c4cccc(-c5cccc(-c6c(-c7ccccc7)n7ncc(-c8ccccc8)c7c7ccccc67)c5)c4)nc(-c4ccccc4)n3)cc2)cc1. The highest BCUT2D eigenvalue weighted by Crippen LogP contribution is 2.43. The minimum absolute atomic E-state index is 0.692. The smallest absolute Gasteiger partial charge is 0.160 e. The minimum Gasteiger partial charge on any atom is -0.231 e. The molecule has 0 N–H and O–H groups in total. The van der Waals surface area contributed by atoms with Crippen LogP contribution in [-0.2, 0) is 0 Å². The molecular weight excluding hydrogens is 741 g/mol. The van der Waals surface area contributed by atoms with Crippen molar-refractivity contribution in [2.24, 2.45) is 0 Å². The van der Waals surface area contributed by atoms with E-state index in [2.05, 4.69) is 205 Å². The van der Waals surface area contributed by atoms with E-state index in [1.54, 1.807) is 0 Å². The Labute approximate surface area is 354 Å². The lowest BCUT2D eigenvalue weighted by atomic mass is 9.90. The third kappa shape index (κ3) is 6.76. The van der Waals surface area contributed by atoms with Crippen LogP contribution in [0.15, 0.2) is 231 Å². The van der Waals surface area contributed by atoms with Crippen LogP contribution in [0.3, 0.4) is 0 Å². The van der Waals surface area contributed by atoms with Crippen molar-refractivity contribution in [1.29, 1.82) is 0 Å². The summed E-state index contributed by atoms with van der Waals surface area (Å²) in [5.74, 6) is 0.692. The molecule has 0 aliphatic rings. The zero-order valence-corrected chi connectivity index (χ0v) is 33.2. The van der Waals surface area contributed by atoms with E-state index in [1.807, 2.05) is 30.5 Å². The molecular formula is C57H38N4. The lowest BCUT2D eigenvalue weighted by Gasteiger charge is -2.18. The maximum absolute atomic E-state index is 5.18. The van der Waals surface area contributed by atoms with Crippen molar-refractivity contribution < 1.29 is 0 Å². The molecule has 8 aromatic carbocycles. The van der Waals surface area contributed by atoms with Gasteiger partial charge in [-0.25, -0.2) is 14.5 Å². The van der Waals surface area contributed by atoms with Gasteiger partial charge in [0.15, 0.2) is 5.82 Å². The highest BCUT2D eigenvalue weighted by atomic mass is 15.2. The van der Waals surface area contributed by atoms with E-state index in [1.165, 1.54) is 16.5 Å². The third-order valence-corrected chi connectivity index (χ3v) is 11.5. The Morgan fingerprint density at radius 1 is 0.311 bits per heavy atom. The highest BCUT2D eigenvalue weighted by Gasteiger charge is 2.22. The number of hydrogen-bond donors (Lipinski definition) is 0. The number of rotatable bonds is 8. The summed E-state index contributed by atoms with van der Waals surface area (Å²) in [6, 6.07) is 79.0. The third-order valence-electron chi connectivity index (χ3n) is 11.5. The van der Waals surface area contributed by atoms with E-state index in [9.17, 15) is 0 Å². The van der Waals surface area contributed by atoms with Crippen molar-refractivity contribution >= 4 is 16.3 Å². The Balaban J connectivity index is 1.04. The van der Waals surface area contributed by atoms with Gasteiger partial charge in [-0.2, -0.15) is 5.10 Å². The van der Waals surface area contributed by atoms with Crippen LogP contribution in [0.5, 0.6) is 0 Å². The van der Waals surface area contributed by atoms with Crippen molar-refractivity contribution in [3.05, 3.63) is 231 Å². The summed E-state index contributed by atoms with van der Waals surface area (Å²) in [5.41, 5.74) is 17.1. The second kappa shape index (κ2) is 15.5. The van der Waals surface area contributed by atoms with Crippen molar-refractivity contribution in [2.45, 2.75) is 0 Å². The topological polar surface area (TPSA) is 43.1 Å². The number of fused-ring (bicyclic) bond motifs is 3. The first kappa shape index (κ1) is 35.9. The molecule has 0 unspecified atom stereocenters. The molecule has 0 atom stereocenters. The Bertz CT molecular complexity index is 3320. The van der Waals surface area contributed by atoms with Crippen molar-refractivity contribution in [2.75, 3.05) is 0 Å². The van der Waals surface area contributed by atoms with E-state index < -0.39 is 0 Å². The van der Waals surface area contributed by atoms with Crippen LogP contribution in [0.4, 0.5) is 0 Å². The van der Waals surface area contributed by atoms with E-state index >= 15 is 0 Å². The molecule has 0 fully saturated rings. The summed E-state index contributed by atoms with van der Waals surface area (Å²) in [7, 11) is 0. The van der Waals surface area contributed by atoms with E-state index in [-0.39, 0.29) is 0 Å². The molecule has 11 aromatic rings. The van der Waals surface area contributed by atoms with Gasteiger partial charge in [0.2, 0.25) is 0 Å². The molecule has 0 radical (unpaired) electrons. The fourth-order valence-electron chi connectivity index (χ4n) is 8.54. The predicted octanol–water partition coefficient (Wildman–Crippen LogP) is 14.6. The van der Waals surface area contributed by atoms with Gasteiger partial charge < -0.3 is 0 Å². The number of aromatic nitrogens is 4. The molecule has 0 spiro atoms. The number of nitrogens with zero attached hydrogens (tertiary/aromatic N) is 4. The number of pyridine rings is 1. The molecule has 3 heterocycles. The molecule has 0 aliphatic carbocycles. The molecule has 61 heavy (non-hydrogen) atoms. The summed E-state index contributed by atoms with van der Waals surface area (Å²) >= 11 is 0. The zero-order chi connectivity index (χ0) is 40.5. The molecule has 3 aromatic heterocycles. The first-order valence-electron chi connectivity index (χ1n) is 20.6. The van der Waals surface area contributed by atoms with Gasteiger partial charge in [0, 0.05) is 38.8 Å². The van der Waals surface area contributed by atoms with Gasteiger partial charge in [-0.15, -0.1) is 0 Å². The lowest BCUT2D eigenvalue weighted by molar-refractivity contribution is 0.976. The van der Waals surface area contributed by atoms with Gasteiger partial charge in [0.25, 0.3) is 0 Å². The average Bonchev–Trinajstić information content (AvgIpc) is 3.80. The molecule has 4 nitrogen and oxygen atoms in total. The fraction of sp³-hybridized carbons (Fsp3) is 0. The Kier molecular flexibility index (Phi) is 9.14. The Morgan fingerprint density at radius 3 is 1.43 bits per heavy atom. The molecule has 0 amide bonds. The van der Waals surface area contributed by atoms with Gasteiger partial charge in [0.1, 0.15) is 0 Å². The quantitative estimate of drug-likeness (QED) is 0.154. The van der Waals surface area contributed by atoms with Crippen LogP contribution in [0.1, 0.15) is 0 Å². The summed E-state index contributed by atoms with van der Waals surface area (Å²) in [6.07, 6.45) is 2.01.